The van der Waals surface area contributed by atoms with Crippen LogP contribution in [0.25, 0.3) is 0 Å². The highest BCUT2D eigenvalue weighted by Crippen LogP contribution is 2.20. The third-order valence-corrected chi connectivity index (χ3v) is 4.54. The van der Waals surface area contributed by atoms with Gasteiger partial charge in [-0.3, -0.25) is 10.1 Å². The number of halogens is 1. The van der Waals surface area contributed by atoms with Gasteiger partial charge in [0.1, 0.15) is 0 Å². The minimum atomic E-state index is -3.85. The molecule has 0 amide bonds. The smallest absolute Gasteiger partial charge is 0.304 e. The van der Waals surface area contributed by atoms with Gasteiger partial charge in [-0.2, -0.15) is 4.39 Å². The average molecular weight is 317 g/mol. The highest BCUT2D eigenvalue weighted by atomic mass is 32.2. The Balaban J connectivity index is 1.91. The lowest BCUT2D eigenvalue weighted by Gasteiger charge is -2.07. The SMILES string of the molecule is O=[N+]([O-])c1ccc(S(=O)(=O)NCCCNC2CC2)cc1F. The molecular formula is C12H16FN3O4S. The first kappa shape index (κ1) is 15.8. The van der Waals surface area contributed by atoms with Crippen molar-refractivity contribution >= 4 is 15.7 Å². The fourth-order valence-electron chi connectivity index (χ4n) is 1.77. The molecule has 0 unspecified atom stereocenters. The van der Waals surface area contributed by atoms with Crippen molar-refractivity contribution in [2.45, 2.75) is 30.2 Å². The lowest BCUT2D eigenvalue weighted by Crippen LogP contribution is -2.28. The molecule has 0 atom stereocenters. The number of rotatable bonds is 8. The number of nitro benzene ring substituents is 1. The van der Waals surface area contributed by atoms with Crippen molar-refractivity contribution in [3.8, 4) is 0 Å². The molecule has 1 saturated carbocycles. The maximum Gasteiger partial charge on any atom is 0.304 e. The fourth-order valence-corrected chi connectivity index (χ4v) is 2.86. The standard InChI is InChI=1S/C12H16FN3O4S/c13-11-8-10(4-5-12(11)16(17)18)21(19,20)15-7-1-6-14-9-2-3-9/h4-5,8-9,14-15H,1-3,6-7H2. The lowest BCUT2D eigenvalue weighted by atomic mass is 10.3. The molecule has 0 aromatic heterocycles. The van der Waals surface area contributed by atoms with Gasteiger partial charge < -0.3 is 5.32 Å². The van der Waals surface area contributed by atoms with Crippen LogP contribution < -0.4 is 10.0 Å². The van der Waals surface area contributed by atoms with Gasteiger partial charge in [0, 0.05) is 24.7 Å². The summed E-state index contributed by atoms with van der Waals surface area (Å²) < 4.78 is 39.6. The first-order valence-electron chi connectivity index (χ1n) is 6.57. The quantitative estimate of drug-likeness (QED) is 0.425. The van der Waals surface area contributed by atoms with Crippen molar-refractivity contribution in [3.05, 3.63) is 34.1 Å². The molecule has 0 saturated heterocycles. The number of benzene rings is 1. The minimum Gasteiger partial charge on any atom is -0.314 e. The molecule has 9 heteroatoms. The van der Waals surface area contributed by atoms with Crippen LogP contribution in [-0.4, -0.2) is 32.5 Å². The largest absolute Gasteiger partial charge is 0.314 e. The molecule has 2 N–H and O–H groups in total. The molecule has 1 aromatic carbocycles. The van der Waals surface area contributed by atoms with Gasteiger partial charge in [0.15, 0.2) is 0 Å². The summed E-state index contributed by atoms with van der Waals surface area (Å²) in [7, 11) is -3.85. The first-order chi connectivity index (χ1) is 9.90. The first-order valence-corrected chi connectivity index (χ1v) is 8.05. The summed E-state index contributed by atoms with van der Waals surface area (Å²) in [4.78, 5) is 9.26. The Bertz CT molecular complexity index is 631. The van der Waals surface area contributed by atoms with Crippen LogP contribution in [0, 0.1) is 15.9 Å². The zero-order valence-corrected chi connectivity index (χ0v) is 12.0. The summed E-state index contributed by atoms with van der Waals surface area (Å²) in [6.45, 7) is 0.933. The van der Waals surface area contributed by atoms with Crippen LogP contribution in [0.15, 0.2) is 23.1 Å². The molecule has 1 aliphatic carbocycles. The van der Waals surface area contributed by atoms with Crippen LogP contribution in [0.3, 0.4) is 0 Å². The number of hydrogen-bond donors (Lipinski definition) is 2. The zero-order chi connectivity index (χ0) is 15.5. The summed E-state index contributed by atoms with van der Waals surface area (Å²) >= 11 is 0. The summed E-state index contributed by atoms with van der Waals surface area (Å²) in [5.74, 6) is -1.17. The Hall–Kier alpha value is -1.58. The zero-order valence-electron chi connectivity index (χ0n) is 11.2. The number of hydrogen-bond acceptors (Lipinski definition) is 5. The van der Waals surface area contributed by atoms with E-state index in [1.54, 1.807) is 0 Å². The average Bonchev–Trinajstić information content (AvgIpc) is 3.21. The second-order valence-corrected chi connectivity index (χ2v) is 6.62. The van der Waals surface area contributed by atoms with E-state index in [9.17, 15) is 22.9 Å². The van der Waals surface area contributed by atoms with Crippen molar-refractivity contribution < 1.29 is 17.7 Å². The molecular weight excluding hydrogens is 301 g/mol. The Morgan fingerprint density at radius 2 is 2.05 bits per heavy atom. The number of nitrogens with zero attached hydrogens (tertiary/aromatic N) is 1. The molecule has 0 spiro atoms. The minimum absolute atomic E-state index is 0.223. The van der Waals surface area contributed by atoms with E-state index in [-0.39, 0.29) is 11.4 Å². The van der Waals surface area contributed by atoms with Gasteiger partial charge >= 0.3 is 5.69 Å². The topological polar surface area (TPSA) is 101 Å². The highest BCUT2D eigenvalue weighted by molar-refractivity contribution is 7.89. The molecule has 0 aliphatic heterocycles. The van der Waals surface area contributed by atoms with Gasteiger partial charge in [0.25, 0.3) is 0 Å². The maximum absolute atomic E-state index is 13.4. The van der Waals surface area contributed by atoms with E-state index in [2.05, 4.69) is 10.0 Å². The van der Waals surface area contributed by atoms with Crippen molar-refractivity contribution in [1.29, 1.82) is 0 Å². The predicted molar refractivity (Wildman–Crippen MR) is 73.9 cm³/mol. The summed E-state index contributed by atoms with van der Waals surface area (Å²) in [5, 5.41) is 13.7. The molecule has 7 nitrogen and oxygen atoms in total. The molecule has 0 bridgehead atoms. The van der Waals surface area contributed by atoms with E-state index >= 15 is 0 Å². The van der Waals surface area contributed by atoms with Crippen LogP contribution in [-0.2, 0) is 10.0 Å². The molecule has 0 heterocycles. The van der Waals surface area contributed by atoms with Crippen LogP contribution in [0.5, 0.6) is 0 Å². The molecule has 1 aromatic rings. The van der Waals surface area contributed by atoms with Gasteiger partial charge in [-0.15, -0.1) is 0 Å². The van der Waals surface area contributed by atoms with Crippen molar-refractivity contribution in [2.75, 3.05) is 13.1 Å². The van der Waals surface area contributed by atoms with Crippen molar-refractivity contribution in [1.82, 2.24) is 10.0 Å². The monoisotopic (exact) mass is 317 g/mol. The highest BCUT2D eigenvalue weighted by Gasteiger charge is 2.21. The normalized spacial score (nSPS) is 15.1. The number of sulfonamides is 1. The Morgan fingerprint density at radius 3 is 2.62 bits per heavy atom. The van der Waals surface area contributed by atoms with Crippen molar-refractivity contribution in [3.63, 3.8) is 0 Å². The third kappa shape index (κ3) is 4.45. The Labute approximate surface area is 121 Å². The van der Waals surface area contributed by atoms with E-state index in [1.165, 1.54) is 0 Å². The number of nitrogens with one attached hydrogen (secondary N) is 2. The Kier molecular flexibility index (Phi) is 4.86. The van der Waals surface area contributed by atoms with Gasteiger partial charge in [-0.05, 0) is 31.9 Å². The lowest BCUT2D eigenvalue weighted by molar-refractivity contribution is -0.387. The van der Waals surface area contributed by atoms with Gasteiger partial charge in [-0.25, -0.2) is 13.1 Å². The summed E-state index contributed by atoms with van der Waals surface area (Å²) in [5.41, 5.74) is -0.748. The van der Waals surface area contributed by atoms with E-state index in [0.29, 0.717) is 25.1 Å². The second-order valence-electron chi connectivity index (χ2n) is 4.85. The van der Waals surface area contributed by atoms with E-state index in [1.807, 2.05) is 0 Å². The van der Waals surface area contributed by atoms with Crippen LogP contribution >= 0.6 is 0 Å². The number of nitro groups is 1. The fraction of sp³-hybridized carbons (Fsp3) is 0.500. The van der Waals surface area contributed by atoms with Crippen LogP contribution in [0.4, 0.5) is 10.1 Å². The summed E-state index contributed by atoms with van der Waals surface area (Å²) in [6, 6.07) is 3.08. The van der Waals surface area contributed by atoms with Gasteiger partial charge in [0.05, 0.1) is 9.82 Å². The van der Waals surface area contributed by atoms with Crippen LogP contribution in [0.2, 0.25) is 0 Å². The van der Waals surface area contributed by atoms with E-state index in [4.69, 9.17) is 0 Å². The molecule has 0 radical (unpaired) electrons. The summed E-state index contributed by atoms with van der Waals surface area (Å²) in [6.07, 6.45) is 2.94. The second kappa shape index (κ2) is 6.46. The molecule has 1 fully saturated rings. The van der Waals surface area contributed by atoms with Crippen LogP contribution in [0.1, 0.15) is 19.3 Å². The Morgan fingerprint density at radius 1 is 1.33 bits per heavy atom. The van der Waals surface area contributed by atoms with E-state index < -0.39 is 26.5 Å². The molecule has 21 heavy (non-hydrogen) atoms. The molecule has 2 rings (SSSR count). The molecule has 116 valence electrons. The third-order valence-electron chi connectivity index (χ3n) is 3.08. The maximum atomic E-state index is 13.4. The van der Waals surface area contributed by atoms with E-state index in [0.717, 1.165) is 25.0 Å². The van der Waals surface area contributed by atoms with Gasteiger partial charge in [-0.1, -0.05) is 0 Å². The molecule has 1 aliphatic rings. The van der Waals surface area contributed by atoms with Gasteiger partial charge in [0.2, 0.25) is 15.8 Å². The predicted octanol–water partition coefficient (Wildman–Crippen LogP) is 1.15. The van der Waals surface area contributed by atoms with Crippen molar-refractivity contribution in [2.24, 2.45) is 0 Å².